The van der Waals surface area contributed by atoms with Crippen LogP contribution in [0.2, 0.25) is 0 Å². The van der Waals surface area contributed by atoms with Crippen molar-refractivity contribution in [3.63, 3.8) is 0 Å². The summed E-state index contributed by atoms with van der Waals surface area (Å²) in [5, 5.41) is 12.0. The summed E-state index contributed by atoms with van der Waals surface area (Å²) in [6.07, 6.45) is 3.01. The molecule has 26 heavy (non-hydrogen) atoms. The highest BCUT2D eigenvalue weighted by Gasteiger charge is 2.38. The van der Waals surface area contributed by atoms with Crippen molar-refractivity contribution in [3.05, 3.63) is 53.5 Å². The van der Waals surface area contributed by atoms with E-state index in [0.717, 1.165) is 18.4 Å². The first-order valence-electron chi connectivity index (χ1n) is 8.39. The first-order valence-corrected chi connectivity index (χ1v) is 8.39. The average molecular weight is 356 g/mol. The largest absolute Gasteiger partial charge is 0.480 e. The number of rotatable bonds is 6. The minimum atomic E-state index is -1.04. The zero-order valence-corrected chi connectivity index (χ0v) is 14.6. The minimum Gasteiger partial charge on any atom is -0.480 e. The lowest BCUT2D eigenvalue weighted by Gasteiger charge is -2.26. The van der Waals surface area contributed by atoms with Crippen molar-refractivity contribution < 1.29 is 23.9 Å². The number of carboxylic acid groups (broad SMARTS) is 1. The van der Waals surface area contributed by atoms with Crippen LogP contribution in [0.1, 0.15) is 46.2 Å². The summed E-state index contributed by atoms with van der Waals surface area (Å²) in [7, 11) is 0. The number of furan rings is 1. The molecule has 3 rings (SSSR count). The van der Waals surface area contributed by atoms with Gasteiger partial charge in [0.2, 0.25) is 0 Å². The molecule has 7 heteroatoms. The maximum Gasteiger partial charge on any atom is 0.326 e. The number of hydrogen-bond donors (Lipinski definition) is 2. The fraction of sp³-hybridized carbons (Fsp3) is 0.316. The molecule has 1 aliphatic rings. The highest BCUT2D eigenvalue weighted by atomic mass is 16.4. The molecule has 1 aromatic carbocycles. The normalized spacial score (nSPS) is 14.5. The molecule has 1 unspecified atom stereocenters. The molecule has 2 aromatic rings. The summed E-state index contributed by atoms with van der Waals surface area (Å²) in [4.78, 5) is 37.8. The number of anilines is 1. The maximum atomic E-state index is 12.9. The molecule has 0 saturated heterocycles. The number of nitrogens with one attached hydrogen (secondary N) is 1. The second-order valence-electron chi connectivity index (χ2n) is 6.42. The highest BCUT2D eigenvalue weighted by Crippen LogP contribution is 2.31. The van der Waals surface area contributed by atoms with Crippen LogP contribution in [0.3, 0.4) is 0 Å². The van der Waals surface area contributed by atoms with E-state index < -0.39 is 17.9 Å². The Kier molecular flexibility index (Phi) is 4.79. The maximum absolute atomic E-state index is 12.9. The molecule has 0 bridgehead atoms. The van der Waals surface area contributed by atoms with Crippen LogP contribution in [0.25, 0.3) is 0 Å². The summed E-state index contributed by atoms with van der Waals surface area (Å²) < 4.78 is 5.07. The van der Waals surface area contributed by atoms with Gasteiger partial charge in [0.25, 0.3) is 11.8 Å². The smallest absolute Gasteiger partial charge is 0.326 e. The van der Waals surface area contributed by atoms with Crippen LogP contribution >= 0.6 is 0 Å². The Bertz CT molecular complexity index is 840. The second kappa shape index (κ2) is 7.03. The van der Waals surface area contributed by atoms with E-state index >= 15 is 0 Å². The molecule has 1 saturated carbocycles. The lowest BCUT2D eigenvalue weighted by molar-refractivity contribution is -0.141. The van der Waals surface area contributed by atoms with Gasteiger partial charge in [0.05, 0.1) is 6.26 Å². The first kappa shape index (κ1) is 17.7. The van der Waals surface area contributed by atoms with Crippen molar-refractivity contribution in [2.75, 3.05) is 5.32 Å². The number of nitrogens with zero attached hydrogens (tertiary/aromatic N) is 1. The number of carboxylic acids is 1. The van der Waals surface area contributed by atoms with E-state index in [1.807, 2.05) is 6.92 Å². The summed E-state index contributed by atoms with van der Waals surface area (Å²) in [6, 6.07) is 7.15. The fourth-order valence-corrected chi connectivity index (χ4v) is 2.76. The summed E-state index contributed by atoms with van der Waals surface area (Å²) in [5.41, 5.74) is 1.60. The van der Waals surface area contributed by atoms with E-state index in [1.165, 1.54) is 18.1 Å². The number of benzene rings is 1. The van der Waals surface area contributed by atoms with Crippen LogP contribution < -0.4 is 5.32 Å². The lowest BCUT2D eigenvalue weighted by atomic mass is 10.1. The van der Waals surface area contributed by atoms with Gasteiger partial charge in [-0.3, -0.25) is 9.59 Å². The predicted molar refractivity (Wildman–Crippen MR) is 94.1 cm³/mol. The van der Waals surface area contributed by atoms with Gasteiger partial charge in [0.15, 0.2) is 5.76 Å². The third kappa shape index (κ3) is 3.61. The monoisotopic (exact) mass is 356 g/mol. The van der Waals surface area contributed by atoms with Gasteiger partial charge < -0.3 is 19.7 Å². The van der Waals surface area contributed by atoms with Crippen LogP contribution in [0, 0.1) is 6.92 Å². The first-order chi connectivity index (χ1) is 12.4. The molecule has 1 aromatic heterocycles. The molecular weight excluding hydrogens is 336 g/mol. The van der Waals surface area contributed by atoms with E-state index in [0.29, 0.717) is 11.3 Å². The Morgan fingerprint density at radius 2 is 2.00 bits per heavy atom. The second-order valence-corrected chi connectivity index (χ2v) is 6.42. The Hall–Kier alpha value is -3.09. The average Bonchev–Trinajstić information content (AvgIpc) is 3.28. The van der Waals surface area contributed by atoms with E-state index in [4.69, 9.17) is 4.42 Å². The van der Waals surface area contributed by atoms with Gasteiger partial charge in [-0.05, 0) is 56.5 Å². The topological polar surface area (TPSA) is 99.9 Å². The van der Waals surface area contributed by atoms with Gasteiger partial charge in [-0.2, -0.15) is 0 Å². The number of aliphatic carboxylic acids is 1. The van der Waals surface area contributed by atoms with Crippen molar-refractivity contribution in [2.24, 2.45) is 0 Å². The summed E-state index contributed by atoms with van der Waals surface area (Å²) in [5.74, 6) is -1.64. The highest BCUT2D eigenvalue weighted by molar-refractivity contribution is 6.04. The minimum absolute atomic E-state index is 0.0453. The number of hydrogen-bond acceptors (Lipinski definition) is 4. The van der Waals surface area contributed by atoms with Crippen LogP contribution in [0.5, 0.6) is 0 Å². The standard InChI is InChI=1S/C19H20N2O5/c1-11-5-6-13(10-15(11)20-17(22)16-4-3-9-26-16)18(23)21(14-7-8-14)12(2)19(24)25/h3-6,9-10,12,14H,7-8H2,1-2H3,(H,20,22)(H,24,25). The van der Waals surface area contributed by atoms with Gasteiger partial charge in [-0.15, -0.1) is 0 Å². The molecule has 1 aliphatic carbocycles. The Morgan fingerprint density at radius 1 is 1.27 bits per heavy atom. The molecule has 136 valence electrons. The van der Waals surface area contributed by atoms with Gasteiger partial charge in [0, 0.05) is 17.3 Å². The Morgan fingerprint density at radius 3 is 2.58 bits per heavy atom. The molecule has 1 atom stereocenters. The molecular formula is C19H20N2O5. The molecule has 1 fully saturated rings. The molecule has 2 N–H and O–H groups in total. The predicted octanol–water partition coefficient (Wildman–Crippen LogP) is 2.92. The summed E-state index contributed by atoms with van der Waals surface area (Å²) >= 11 is 0. The van der Waals surface area contributed by atoms with Crippen molar-refractivity contribution in [1.82, 2.24) is 4.90 Å². The summed E-state index contributed by atoms with van der Waals surface area (Å²) in [6.45, 7) is 3.32. The van der Waals surface area contributed by atoms with Crippen LogP contribution in [0.15, 0.2) is 41.0 Å². The molecule has 0 radical (unpaired) electrons. The van der Waals surface area contributed by atoms with Gasteiger partial charge in [-0.25, -0.2) is 4.79 Å². The molecule has 2 amide bonds. The molecule has 0 aliphatic heterocycles. The van der Waals surface area contributed by atoms with E-state index in [1.54, 1.807) is 30.3 Å². The Balaban J connectivity index is 1.85. The number of carbonyl (C=O) groups excluding carboxylic acids is 2. The SMILES string of the molecule is Cc1ccc(C(=O)N(C2CC2)C(C)C(=O)O)cc1NC(=O)c1ccco1. The fourth-order valence-electron chi connectivity index (χ4n) is 2.76. The van der Waals surface area contributed by atoms with Crippen LogP contribution in [-0.4, -0.2) is 39.9 Å². The van der Waals surface area contributed by atoms with Crippen LogP contribution in [-0.2, 0) is 4.79 Å². The lowest BCUT2D eigenvalue weighted by Crippen LogP contribution is -2.44. The van der Waals surface area contributed by atoms with Gasteiger partial charge in [0.1, 0.15) is 6.04 Å². The van der Waals surface area contributed by atoms with E-state index in [2.05, 4.69) is 5.32 Å². The third-order valence-corrected chi connectivity index (χ3v) is 4.43. The third-order valence-electron chi connectivity index (χ3n) is 4.43. The number of aryl methyl sites for hydroxylation is 1. The van der Waals surface area contributed by atoms with Gasteiger partial charge >= 0.3 is 5.97 Å². The van der Waals surface area contributed by atoms with Crippen molar-refractivity contribution in [1.29, 1.82) is 0 Å². The van der Waals surface area contributed by atoms with E-state index in [-0.39, 0.29) is 17.7 Å². The van der Waals surface area contributed by atoms with Gasteiger partial charge in [-0.1, -0.05) is 6.07 Å². The van der Waals surface area contributed by atoms with Crippen molar-refractivity contribution >= 4 is 23.5 Å². The zero-order valence-electron chi connectivity index (χ0n) is 14.6. The molecule has 1 heterocycles. The molecule has 7 nitrogen and oxygen atoms in total. The number of carbonyl (C=O) groups is 3. The quantitative estimate of drug-likeness (QED) is 0.829. The Labute approximate surface area is 150 Å². The van der Waals surface area contributed by atoms with Crippen molar-refractivity contribution in [3.8, 4) is 0 Å². The van der Waals surface area contributed by atoms with Crippen LogP contribution in [0.4, 0.5) is 5.69 Å². The van der Waals surface area contributed by atoms with E-state index in [9.17, 15) is 19.5 Å². The zero-order chi connectivity index (χ0) is 18.8. The number of amides is 2. The van der Waals surface area contributed by atoms with Crippen molar-refractivity contribution in [2.45, 2.75) is 38.8 Å². The molecule has 0 spiro atoms.